The smallest absolute Gasteiger partial charge is 0.147 e. The maximum absolute atomic E-state index is 4.73. The Morgan fingerprint density at radius 1 is 1.19 bits per heavy atom. The molecule has 5 heteroatoms. The molecule has 0 aliphatic carbocycles. The molecule has 0 fully saturated rings. The number of hydrogen-bond donors (Lipinski definition) is 1. The molecular weight excluding hydrogens is 262 g/mol. The topological polar surface area (TPSA) is 44.3 Å². The summed E-state index contributed by atoms with van der Waals surface area (Å²) in [4.78, 5) is 13.6. The Morgan fingerprint density at radius 3 is 2.57 bits per heavy atom. The SMILES string of the molecule is CCN(CCCN(C)C)c1cncc(CNCC(C)C)n1. The summed E-state index contributed by atoms with van der Waals surface area (Å²) in [5, 5.41) is 3.42. The molecule has 0 saturated carbocycles. The van der Waals surface area contributed by atoms with E-state index in [1.165, 1.54) is 0 Å². The molecule has 1 rings (SSSR count). The molecule has 1 heterocycles. The first kappa shape index (κ1) is 17.9. The Morgan fingerprint density at radius 2 is 1.95 bits per heavy atom. The zero-order valence-corrected chi connectivity index (χ0v) is 14.3. The lowest BCUT2D eigenvalue weighted by atomic mass is 10.2. The van der Waals surface area contributed by atoms with Crippen LogP contribution in [0.1, 0.15) is 32.9 Å². The Balaban J connectivity index is 2.55. The summed E-state index contributed by atoms with van der Waals surface area (Å²) < 4.78 is 0. The van der Waals surface area contributed by atoms with Crippen molar-refractivity contribution in [2.45, 2.75) is 33.7 Å². The Hall–Kier alpha value is -1.20. The molecule has 0 radical (unpaired) electrons. The minimum Gasteiger partial charge on any atom is -0.356 e. The predicted molar refractivity (Wildman–Crippen MR) is 89.6 cm³/mol. The summed E-state index contributed by atoms with van der Waals surface area (Å²) in [6, 6.07) is 0. The molecule has 1 aromatic heterocycles. The first-order chi connectivity index (χ1) is 10.0. The highest BCUT2D eigenvalue weighted by atomic mass is 15.2. The fraction of sp³-hybridized carbons (Fsp3) is 0.750. The molecule has 1 N–H and O–H groups in total. The third kappa shape index (κ3) is 7.39. The first-order valence-electron chi connectivity index (χ1n) is 7.94. The highest BCUT2D eigenvalue weighted by molar-refractivity contribution is 5.35. The van der Waals surface area contributed by atoms with Crippen LogP contribution in [0.3, 0.4) is 0 Å². The molecule has 0 amide bonds. The van der Waals surface area contributed by atoms with Crippen LogP contribution in [0.4, 0.5) is 5.82 Å². The van der Waals surface area contributed by atoms with Gasteiger partial charge in [0.25, 0.3) is 0 Å². The van der Waals surface area contributed by atoms with Crippen LogP contribution in [-0.2, 0) is 6.54 Å². The van der Waals surface area contributed by atoms with Crippen molar-refractivity contribution >= 4 is 5.82 Å². The summed E-state index contributed by atoms with van der Waals surface area (Å²) in [5.74, 6) is 1.64. The molecule has 0 bridgehead atoms. The van der Waals surface area contributed by atoms with E-state index < -0.39 is 0 Å². The summed E-state index contributed by atoms with van der Waals surface area (Å²) >= 11 is 0. The van der Waals surface area contributed by atoms with Crippen molar-refractivity contribution in [3.8, 4) is 0 Å². The zero-order valence-electron chi connectivity index (χ0n) is 14.3. The maximum atomic E-state index is 4.73. The molecule has 1 aromatic rings. The van der Waals surface area contributed by atoms with Gasteiger partial charge in [-0.1, -0.05) is 13.8 Å². The van der Waals surface area contributed by atoms with Gasteiger partial charge in [-0.05, 0) is 46.4 Å². The first-order valence-corrected chi connectivity index (χ1v) is 7.94. The summed E-state index contributed by atoms with van der Waals surface area (Å²) in [7, 11) is 4.22. The van der Waals surface area contributed by atoms with E-state index in [4.69, 9.17) is 4.98 Å². The number of anilines is 1. The van der Waals surface area contributed by atoms with Crippen molar-refractivity contribution in [2.24, 2.45) is 5.92 Å². The molecule has 0 aliphatic heterocycles. The Bertz CT molecular complexity index is 392. The lowest BCUT2D eigenvalue weighted by Crippen LogP contribution is -2.28. The second-order valence-corrected chi connectivity index (χ2v) is 6.13. The summed E-state index contributed by atoms with van der Waals surface area (Å²) in [6.45, 7) is 11.5. The second-order valence-electron chi connectivity index (χ2n) is 6.13. The van der Waals surface area contributed by atoms with Crippen LogP contribution in [0.15, 0.2) is 12.4 Å². The van der Waals surface area contributed by atoms with Gasteiger partial charge in [0.2, 0.25) is 0 Å². The van der Waals surface area contributed by atoms with Crippen LogP contribution in [-0.4, -0.2) is 55.1 Å². The quantitative estimate of drug-likeness (QED) is 0.715. The molecule has 0 aliphatic rings. The molecular formula is C16H31N5. The summed E-state index contributed by atoms with van der Waals surface area (Å²) in [6.07, 6.45) is 4.86. The minimum absolute atomic E-state index is 0.652. The average Bonchev–Trinajstić information content (AvgIpc) is 2.43. The van der Waals surface area contributed by atoms with Crippen LogP contribution >= 0.6 is 0 Å². The van der Waals surface area contributed by atoms with Crippen molar-refractivity contribution in [3.63, 3.8) is 0 Å². The second kappa shape index (κ2) is 9.68. The van der Waals surface area contributed by atoms with Crippen LogP contribution in [0.25, 0.3) is 0 Å². The van der Waals surface area contributed by atoms with Crippen molar-refractivity contribution in [1.82, 2.24) is 20.2 Å². The van der Waals surface area contributed by atoms with Crippen molar-refractivity contribution < 1.29 is 0 Å². The van der Waals surface area contributed by atoms with E-state index in [9.17, 15) is 0 Å². The van der Waals surface area contributed by atoms with Crippen molar-refractivity contribution in [1.29, 1.82) is 0 Å². The van der Waals surface area contributed by atoms with E-state index in [2.05, 4.69) is 55.0 Å². The van der Waals surface area contributed by atoms with Gasteiger partial charge in [-0.15, -0.1) is 0 Å². The van der Waals surface area contributed by atoms with Crippen LogP contribution in [0.5, 0.6) is 0 Å². The molecule has 0 spiro atoms. The highest BCUT2D eigenvalue weighted by Gasteiger charge is 2.07. The van der Waals surface area contributed by atoms with Gasteiger partial charge in [-0.3, -0.25) is 4.98 Å². The number of hydrogen-bond acceptors (Lipinski definition) is 5. The van der Waals surface area contributed by atoms with Gasteiger partial charge >= 0.3 is 0 Å². The third-order valence-corrected chi connectivity index (χ3v) is 3.27. The number of aromatic nitrogens is 2. The lowest BCUT2D eigenvalue weighted by Gasteiger charge is -2.23. The van der Waals surface area contributed by atoms with Gasteiger partial charge in [0.15, 0.2) is 0 Å². The molecule has 0 unspecified atom stereocenters. The van der Waals surface area contributed by atoms with E-state index >= 15 is 0 Å². The predicted octanol–water partition coefficient (Wildman–Crippen LogP) is 2.00. The van der Waals surface area contributed by atoms with Gasteiger partial charge in [-0.25, -0.2) is 4.98 Å². The molecule has 120 valence electrons. The molecule has 21 heavy (non-hydrogen) atoms. The van der Waals surface area contributed by atoms with Crippen molar-refractivity contribution in [2.75, 3.05) is 45.2 Å². The fourth-order valence-corrected chi connectivity index (χ4v) is 2.13. The molecule has 0 aromatic carbocycles. The number of nitrogens with one attached hydrogen (secondary N) is 1. The van der Waals surface area contributed by atoms with E-state index in [-0.39, 0.29) is 0 Å². The van der Waals surface area contributed by atoms with Gasteiger partial charge in [0, 0.05) is 25.8 Å². The van der Waals surface area contributed by atoms with E-state index in [0.717, 1.165) is 50.7 Å². The monoisotopic (exact) mass is 293 g/mol. The maximum Gasteiger partial charge on any atom is 0.147 e. The van der Waals surface area contributed by atoms with Crippen LogP contribution < -0.4 is 10.2 Å². The lowest BCUT2D eigenvalue weighted by molar-refractivity contribution is 0.400. The van der Waals surface area contributed by atoms with Crippen LogP contribution in [0, 0.1) is 5.92 Å². The minimum atomic E-state index is 0.652. The third-order valence-electron chi connectivity index (χ3n) is 3.27. The van der Waals surface area contributed by atoms with Gasteiger partial charge in [-0.2, -0.15) is 0 Å². The van der Waals surface area contributed by atoms with Crippen LogP contribution in [0.2, 0.25) is 0 Å². The van der Waals surface area contributed by atoms with E-state index in [1.54, 1.807) is 0 Å². The van der Waals surface area contributed by atoms with Gasteiger partial charge in [0.05, 0.1) is 11.9 Å². The molecule has 0 atom stereocenters. The Kier molecular flexibility index (Phi) is 8.23. The highest BCUT2D eigenvalue weighted by Crippen LogP contribution is 2.10. The number of nitrogens with zero attached hydrogens (tertiary/aromatic N) is 4. The van der Waals surface area contributed by atoms with Crippen molar-refractivity contribution in [3.05, 3.63) is 18.1 Å². The fourth-order valence-electron chi connectivity index (χ4n) is 2.13. The van der Waals surface area contributed by atoms with E-state index in [1.807, 2.05) is 12.4 Å². The average molecular weight is 293 g/mol. The zero-order chi connectivity index (χ0) is 15.7. The summed E-state index contributed by atoms with van der Waals surface area (Å²) in [5.41, 5.74) is 1.01. The number of rotatable bonds is 10. The van der Waals surface area contributed by atoms with Gasteiger partial charge in [0.1, 0.15) is 5.82 Å². The van der Waals surface area contributed by atoms with E-state index in [0.29, 0.717) is 5.92 Å². The molecule has 5 nitrogen and oxygen atoms in total. The van der Waals surface area contributed by atoms with Gasteiger partial charge < -0.3 is 15.1 Å². The normalized spacial score (nSPS) is 11.4. The standard InChI is InChI=1S/C16H31N5/c1-6-21(9-7-8-20(4)5)16-13-18-12-15(19-16)11-17-10-14(2)3/h12-14,17H,6-11H2,1-5H3. The largest absolute Gasteiger partial charge is 0.356 e. The molecule has 0 saturated heterocycles. The Labute approximate surface area is 129 Å².